The summed E-state index contributed by atoms with van der Waals surface area (Å²) in [7, 11) is -3.30. The molecule has 0 atom stereocenters. The molecule has 10 nitrogen and oxygen atoms in total. The van der Waals surface area contributed by atoms with E-state index >= 15 is 0 Å². The second kappa shape index (κ2) is 74.0. The Morgan fingerprint density at radius 2 is 0.755 bits per heavy atom. The predicted molar refractivity (Wildman–Crippen MR) is 467 cm³/mol. The number of carbonyl (C=O) groups is 3. The number of nitrogens with zero attached hydrogens (tertiary/aromatic N) is 1. The molecule has 0 spiro atoms. The van der Waals surface area contributed by atoms with Crippen molar-refractivity contribution in [1.29, 1.82) is 0 Å². The van der Waals surface area contributed by atoms with Crippen molar-refractivity contribution in [2.45, 2.75) is 368 Å². The molecule has 582 valence electrons. The minimum Gasteiger partial charge on any atom is -0.418 e. The first-order valence-electron chi connectivity index (χ1n) is 37.8. The maximum atomic E-state index is 11.4. The number of ketones is 1. The Balaban J connectivity index is -0.0000000945. The third-order valence-corrected chi connectivity index (χ3v) is 24.8. The van der Waals surface area contributed by atoms with Crippen molar-refractivity contribution in [3.63, 3.8) is 0 Å². The molecule has 16 heteroatoms. The Labute approximate surface area is 626 Å². The van der Waals surface area contributed by atoms with Gasteiger partial charge < -0.3 is 34.3 Å². The van der Waals surface area contributed by atoms with Gasteiger partial charge in [-0.05, 0) is 168 Å². The molecule has 0 saturated carbocycles. The van der Waals surface area contributed by atoms with Gasteiger partial charge in [-0.1, -0.05) is 273 Å². The number of aliphatic imine (C=N–C) groups is 1. The molecule has 0 fully saturated rings. The van der Waals surface area contributed by atoms with Crippen molar-refractivity contribution < 1.29 is 23.3 Å². The van der Waals surface area contributed by atoms with Gasteiger partial charge in [0.15, 0.2) is 5.78 Å². The number of amides is 1. The number of hydrogen-bond donors (Lipinski definition) is 4. The monoisotopic (exact) mass is 1480 g/mol. The average Bonchev–Trinajstić information content (AvgIpc) is 1.03. The van der Waals surface area contributed by atoms with Gasteiger partial charge in [0.1, 0.15) is 14.0 Å². The number of hydrogen-bond acceptors (Lipinski definition) is 8. The molecule has 0 rings (SSSR count). The summed E-state index contributed by atoms with van der Waals surface area (Å²) in [6.07, 6.45) is 14.5. The van der Waals surface area contributed by atoms with Crippen LogP contribution in [0.2, 0.25) is 33.2 Å². The molecule has 0 aromatic heterocycles. The highest BCUT2D eigenvalue weighted by atomic mass is 28.3. The Morgan fingerprint density at radius 3 is 0.857 bits per heavy atom. The maximum Gasteiger partial charge on any atom is 0.394 e. The molecule has 0 bridgehead atoms. The van der Waals surface area contributed by atoms with Crippen LogP contribution in [0.4, 0.5) is 0 Å². The van der Waals surface area contributed by atoms with Gasteiger partial charge in [-0.2, -0.15) is 0 Å². The highest BCUT2D eigenvalue weighted by Gasteiger charge is 2.17. The van der Waals surface area contributed by atoms with Crippen LogP contribution in [0, 0.1) is 65.1 Å². The number of carbonyl (C=O) groups excluding carboxylic acids is 3. The van der Waals surface area contributed by atoms with Crippen LogP contribution in [0.5, 0.6) is 0 Å². The van der Waals surface area contributed by atoms with Crippen molar-refractivity contribution in [2.75, 3.05) is 0 Å². The molecular formula is C82H175N5O5Si6. The normalized spacial score (nSPS) is 11.1. The summed E-state index contributed by atoms with van der Waals surface area (Å²) in [5.74, 6) is 5.50. The predicted octanol–water partition coefficient (Wildman–Crippen LogP) is 21.1. The van der Waals surface area contributed by atoms with Crippen molar-refractivity contribution >= 4 is 99.8 Å². The van der Waals surface area contributed by atoms with Crippen molar-refractivity contribution in [3.8, 4) is 0 Å². The fourth-order valence-electron chi connectivity index (χ4n) is 5.62. The summed E-state index contributed by atoms with van der Waals surface area (Å²) in [4.78, 5) is 43.9. The van der Waals surface area contributed by atoms with E-state index in [2.05, 4.69) is 261 Å². The number of nitrogens with one attached hydrogen (secondary N) is 4. The molecule has 0 saturated heterocycles. The topological polar surface area (TPSA) is 146 Å². The van der Waals surface area contributed by atoms with Crippen LogP contribution in [-0.4, -0.2) is 130 Å². The molecule has 1 amide bonds. The summed E-state index contributed by atoms with van der Waals surface area (Å²) >= 11 is 0. The number of Topliss-reactive ketones (excluding diaryl/α,β-unsaturated/α-hetero) is 1. The lowest BCUT2D eigenvalue weighted by atomic mass is 9.94. The van der Waals surface area contributed by atoms with E-state index in [1.807, 2.05) is 131 Å². The fraction of sp³-hybridized carbons (Fsp3) is 0.805. The number of rotatable bonds is 28. The maximum absolute atomic E-state index is 11.4. The van der Waals surface area contributed by atoms with E-state index in [4.69, 9.17) is 0 Å². The van der Waals surface area contributed by atoms with Crippen LogP contribution in [0.25, 0.3) is 0 Å². The van der Waals surface area contributed by atoms with Gasteiger partial charge in [-0.15, -0.1) is 17.5 Å². The molecule has 0 aromatic carbocycles. The zero-order valence-corrected chi connectivity index (χ0v) is 80.1. The quantitative estimate of drug-likeness (QED) is 0.0262. The fourth-order valence-corrected chi connectivity index (χ4v) is 12.0. The minimum atomic E-state index is -1.53. The van der Waals surface area contributed by atoms with Gasteiger partial charge in [0, 0.05) is 71.0 Å². The standard InChI is InChI=1S/C9H16O.C8H17N.2C8H16OSi.C8H16.C7H15NO.C7H17NSi.C7H15N.2C7H16Si.C6H15NOSi/c1-6(2)8(5)9(10)7(3)4;1-6(2)8(5)9-7(3)4;1-6(2)8(9)10(5)7(3)4;1-6(2)8(5)10(9)7(3)4;1-7(2)5-6-8(3)4;1-5(2)7(9)8-6(3)4;1-6(2)8-9(5)7(3)4;3*1-6(2)5-8-7(3)4;1-5(2)7-9(8)6(3)4/h6-7H,5H2,1-4H3;6-7,9H,5H2,1-4H3;2*6-7H,5H2,1-4H3;5-8H,1-4H3;5-6H,1-4H3,(H,8,9);6-8H,5H2,1-4H3;5-7H,1-4H3;2*5-8H,1-4H3;5-7H,1-4H3/b;;;;6-5+;;;;2*8-5+;. The molecule has 0 radical (unpaired) electrons. The van der Waals surface area contributed by atoms with E-state index in [0.29, 0.717) is 83.0 Å². The summed E-state index contributed by atoms with van der Waals surface area (Å²) in [6, 6.07) is 2.18. The lowest BCUT2D eigenvalue weighted by Crippen LogP contribution is -2.34. The van der Waals surface area contributed by atoms with Gasteiger partial charge in [-0.25, -0.2) is 0 Å². The van der Waals surface area contributed by atoms with Crippen molar-refractivity contribution in [2.24, 2.45) is 70.1 Å². The molecule has 4 N–H and O–H groups in total. The van der Waals surface area contributed by atoms with Crippen LogP contribution < -0.4 is 20.6 Å². The Hall–Kier alpha value is -2.78. The zero-order chi connectivity index (χ0) is 81.0. The Bertz CT molecular complexity index is 1790. The first-order valence-corrected chi connectivity index (χ1v) is 47.0. The summed E-state index contributed by atoms with van der Waals surface area (Å²) in [5, 5.41) is 7.36. The van der Waals surface area contributed by atoms with Crippen molar-refractivity contribution in [3.05, 3.63) is 48.4 Å². The molecule has 98 heavy (non-hydrogen) atoms. The minimum absolute atomic E-state index is 0.0925. The van der Waals surface area contributed by atoms with E-state index in [0.717, 1.165) is 44.9 Å². The summed E-state index contributed by atoms with van der Waals surface area (Å²) < 4.78 is 22.4. The number of allylic oxidation sites excluding steroid dienone is 5. The largest absolute Gasteiger partial charge is 0.418 e. The van der Waals surface area contributed by atoms with Crippen LogP contribution in [0.15, 0.2) is 53.3 Å². The van der Waals surface area contributed by atoms with E-state index < -0.39 is 34.5 Å². The van der Waals surface area contributed by atoms with Gasteiger partial charge >= 0.3 is 17.5 Å². The van der Waals surface area contributed by atoms with Gasteiger partial charge in [0.2, 0.25) is 5.91 Å². The summed E-state index contributed by atoms with van der Waals surface area (Å²) in [6.45, 7) is 103. The van der Waals surface area contributed by atoms with E-state index in [-0.39, 0.29) is 52.5 Å². The SMILES string of the molecule is C=C(C(=O)C(C)C)C(C)C.C=C(C(C)C)[Si](=O)C(C)C.C=C(NC(C)C)C(C)C.C=[Si](C(=O)C(C)C)C(C)C.C=[Si](NC(C)C)C(C)C.CC(C)/C=C/C(C)C.CC(C)/C=[SiH]/C(C)C.CC(C)/C=[SiH]/C(C)C.CC(C)C=NC(C)C.CC(C)NC(=O)C(C)C.CC(C)N[Si](=O)C(C)C. The third-order valence-electron chi connectivity index (χ3n) is 12.2. The highest BCUT2D eigenvalue weighted by Crippen LogP contribution is 2.15. The molecule has 0 unspecified atom stereocenters. The third kappa shape index (κ3) is 109. The smallest absolute Gasteiger partial charge is 0.394 e. The Morgan fingerprint density at radius 1 is 0.388 bits per heavy atom. The molecule has 0 aliphatic heterocycles. The zero-order valence-electron chi connectivity index (χ0n) is 73.8. The van der Waals surface area contributed by atoms with E-state index in [1.54, 1.807) is 0 Å². The first-order chi connectivity index (χ1) is 44.0. The molecule has 0 aromatic rings. The van der Waals surface area contributed by atoms with Gasteiger partial charge in [0.05, 0.1) is 8.41 Å². The lowest BCUT2D eigenvalue weighted by Gasteiger charge is -2.15. The molecule has 0 heterocycles. The van der Waals surface area contributed by atoms with Crippen LogP contribution in [0.1, 0.15) is 305 Å². The lowest BCUT2D eigenvalue weighted by molar-refractivity contribution is -0.124. The van der Waals surface area contributed by atoms with Crippen molar-refractivity contribution in [1.82, 2.24) is 20.6 Å². The van der Waals surface area contributed by atoms with E-state index in [1.165, 1.54) is 0 Å². The van der Waals surface area contributed by atoms with Crippen LogP contribution >= 0.6 is 0 Å². The molecule has 0 aliphatic carbocycles. The average molecular weight is 1480 g/mol. The van der Waals surface area contributed by atoms with Gasteiger partial charge in [-0.3, -0.25) is 14.6 Å². The second-order valence-electron chi connectivity index (χ2n) is 32.4. The molecule has 0 aliphatic rings. The summed E-state index contributed by atoms with van der Waals surface area (Å²) in [5.41, 5.74) is 10.4. The van der Waals surface area contributed by atoms with Crippen LogP contribution in [0.3, 0.4) is 0 Å². The Kier molecular flexibility index (Phi) is 89.9. The second-order valence-corrected chi connectivity index (χ2v) is 46.5. The van der Waals surface area contributed by atoms with Gasteiger partial charge in [0.25, 0.3) is 0 Å². The first kappa shape index (κ1) is 119. The van der Waals surface area contributed by atoms with Crippen LogP contribution in [-0.2, 0) is 23.3 Å². The highest BCUT2D eigenvalue weighted by molar-refractivity contribution is 6.91. The van der Waals surface area contributed by atoms with E-state index in [9.17, 15) is 23.3 Å². The molecular weight excluding hydrogens is 1300 g/mol.